The molecule has 0 aromatic heterocycles. The summed E-state index contributed by atoms with van der Waals surface area (Å²) in [4.78, 5) is 45.4. The molecule has 0 saturated carbocycles. The van der Waals surface area contributed by atoms with Crippen molar-refractivity contribution in [3.05, 3.63) is 25.3 Å². The second-order valence-electron chi connectivity index (χ2n) is 11.5. The summed E-state index contributed by atoms with van der Waals surface area (Å²) in [5.41, 5.74) is -1.97. The highest BCUT2D eigenvalue weighted by Gasteiger charge is 2.79. The van der Waals surface area contributed by atoms with Crippen LogP contribution in [0.25, 0.3) is 0 Å². The van der Waals surface area contributed by atoms with E-state index in [9.17, 15) is 19.5 Å². The van der Waals surface area contributed by atoms with Crippen molar-refractivity contribution in [2.75, 3.05) is 19.8 Å². The van der Waals surface area contributed by atoms with Gasteiger partial charge in [0.1, 0.15) is 17.6 Å². The number of amides is 2. The summed E-state index contributed by atoms with van der Waals surface area (Å²) in [5, 5.41) is 10.4. The normalized spacial score (nSPS) is 31.1. The Bertz CT molecular complexity index is 888. The van der Waals surface area contributed by atoms with E-state index in [1.54, 1.807) is 22.0 Å². The van der Waals surface area contributed by atoms with Gasteiger partial charge in [-0.15, -0.1) is 13.2 Å². The van der Waals surface area contributed by atoms with Gasteiger partial charge in [0.25, 0.3) is 0 Å². The molecule has 37 heavy (non-hydrogen) atoms. The van der Waals surface area contributed by atoms with E-state index in [-0.39, 0.29) is 37.0 Å². The summed E-state index contributed by atoms with van der Waals surface area (Å²) < 4.78 is 12.5. The summed E-state index contributed by atoms with van der Waals surface area (Å²) in [7, 11) is 0. The van der Waals surface area contributed by atoms with E-state index in [0.717, 1.165) is 6.42 Å². The molecule has 0 aromatic rings. The number of aliphatic hydroxyl groups is 1. The molecule has 0 aliphatic carbocycles. The fourth-order valence-corrected chi connectivity index (χ4v) is 6.85. The quantitative estimate of drug-likeness (QED) is 0.215. The molecular formula is C29H46N2O6. The molecule has 1 spiro atoms. The summed E-state index contributed by atoms with van der Waals surface area (Å²) in [6.45, 7) is 17.7. The smallest absolute Gasteiger partial charge is 0.312 e. The van der Waals surface area contributed by atoms with Gasteiger partial charge in [-0.1, -0.05) is 32.9 Å². The first-order valence-electron chi connectivity index (χ1n) is 13.9. The number of carbonyl (C=O) groups is 3. The van der Waals surface area contributed by atoms with Gasteiger partial charge < -0.3 is 24.4 Å². The van der Waals surface area contributed by atoms with Crippen LogP contribution >= 0.6 is 0 Å². The number of fused-ring (bicyclic) bond motifs is 1. The first kappa shape index (κ1) is 29.4. The Balaban J connectivity index is 2.10. The summed E-state index contributed by atoms with van der Waals surface area (Å²) >= 11 is 0. The van der Waals surface area contributed by atoms with E-state index in [4.69, 9.17) is 9.47 Å². The Labute approximate surface area is 222 Å². The van der Waals surface area contributed by atoms with Gasteiger partial charge in [-0.2, -0.15) is 0 Å². The van der Waals surface area contributed by atoms with Crippen molar-refractivity contribution >= 4 is 17.8 Å². The van der Waals surface area contributed by atoms with E-state index in [2.05, 4.69) is 13.2 Å². The molecule has 3 heterocycles. The molecule has 8 heteroatoms. The van der Waals surface area contributed by atoms with Gasteiger partial charge in [-0.25, -0.2) is 0 Å². The van der Waals surface area contributed by atoms with Crippen molar-refractivity contribution in [3.8, 4) is 0 Å². The third-order valence-corrected chi connectivity index (χ3v) is 8.48. The molecule has 208 valence electrons. The first-order chi connectivity index (χ1) is 17.5. The molecule has 0 radical (unpaired) electrons. The van der Waals surface area contributed by atoms with Crippen molar-refractivity contribution < 1.29 is 29.0 Å². The zero-order valence-electron chi connectivity index (χ0n) is 23.3. The van der Waals surface area contributed by atoms with Crippen molar-refractivity contribution in [1.82, 2.24) is 9.80 Å². The Kier molecular flexibility index (Phi) is 9.27. The number of likely N-dealkylation sites (tertiary alicyclic amines) is 1. The molecular weight excluding hydrogens is 472 g/mol. The molecule has 3 aliphatic heterocycles. The van der Waals surface area contributed by atoms with Gasteiger partial charge in [-0.3, -0.25) is 14.4 Å². The minimum Gasteiger partial charge on any atom is -0.465 e. The van der Waals surface area contributed by atoms with Crippen LogP contribution < -0.4 is 0 Å². The van der Waals surface area contributed by atoms with Gasteiger partial charge >= 0.3 is 5.97 Å². The van der Waals surface area contributed by atoms with Gasteiger partial charge in [0.2, 0.25) is 11.8 Å². The number of ether oxygens (including phenoxy) is 2. The second kappa shape index (κ2) is 11.7. The SMILES string of the molecule is C=CCCCOC(=O)[C@H]1[C@H]2C(=O)N([C@@H](CO)CC(C)C)C(C(=O)N(CC=C)C(C)C)C23CC[C@]1(CC)O3. The topological polar surface area (TPSA) is 96.4 Å². The molecule has 3 saturated heterocycles. The van der Waals surface area contributed by atoms with E-state index in [0.29, 0.717) is 38.6 Å². The molecule has 1 N–H and O–H groups in total. The number of hydrogen-bond donors (Lipinski definition) is 1. The van der Waals surface area contributed by atoms with Crippen molar-refractivity contribution in [2.45, 2.75) is 102 Å². The molecule has 6 atom stereocenters. The predicted octanol–water partition coefficient (Wildman–Crippen LogP) is 3.48. The third-order valence-electron chi connectivity index (χ3n) is 8.48. The number of hydrogen-bond acceptors (Lipinski definition) is 6. The van der Waals surface area contributed by atoms with E-state index < -0.39 is 41.1 Å². The minimum absolute atomic E-state index is 0.125. The molecule has 3 rings (SSSR count). The van der Waals surface area contributed by atoms with Crippen LogP contribution in [0.15, 0.2) is 25.3 Å². The van der Waals surface area contributed by atoms with E-state index in [1.165, 1.54) is 0 Å². The fourth-order valence-electron chi connectivity index (χ4n) is 6.85. The van der Waals surface area contributed by atoms with Gasteiger partial charge in [0.15, 0.2) is 0 Å². The number of aliphatic hydroxyl groups excluding tert-OH is 1. The van der Waals surface area contributed by atoms with Crippen LogP contribution in [0.3, 0.4) is 0 Å². The molecule has 0 aromatic carbocycles. The molecule has 3 fully saturated rings. The second-order valence-corrected chi connectivity index (χ2v) is 11.5. The number of allylic oxidation sites excluding steroid dienone is 1. The fraction of sp³-hybridized carbons (Fsp3) is 0.759. The van der Waals surface area contributed by atoms with Gasteiger partial charge in [0, 0.05) is 12.6 Å². The van der Waals surface area contributed by atoms with Crippen LogP contribution in [-0.2, 0) is 23.9 Å². The van der Waals surface area contributed by atoms with Crippen molar-refractivity contribution in [1.29, 1.82) is 0 Å². The van der Waals surface area contributed by atoms with Crippen molar-refractivity contribution in [2.24, 2.45) is 17.8 Å². The maximum absolute atomic E-state index is 14.3. The number of rotatable bonds is 14. The minimum atomic E-state index is -1.13. The average Bonchev–Trinajstić information content (AvgIpc) is 3.46. The Morgan fingerprint density at radius 2 is 1.95 bits per heavy atom. The summed E-state index contributed by atoms with van der Waals surface area (Å²) in [5.74, 6) is -2.36. The molecule has 2 amide bonds. The first-order valence-corrected chi connectivity index (χ1v) is 13.9. The van der Waals surface area contributed by atoms with Crippen LogP contribution in [-0.4, -0.2) is 81.8 Å². The zero-order chi connectivity index (χ0) is 27.5. The summed E-state index contributed by atoms with van der Waals surface area (Å²) in [6.07, 6.45) is 7.00. The Hall–Kier alpha value is -2.19. The highest BCUT2D eigenvalue weighted by atomic mass is 16.6. The summed E-state index contributed by atoms with van der Waals surface area (Å²) in [6, 6.07) is -1.60. The lowest BCUT2D eigenvalue weighted by atomic mass is 9.65. The van der Waals surface area contributed by atoms with Gasteiger partial charge in [0.05, 0.1) is 30.8 Å². The molecule has 3 aliphatic rings. The number of nitrogens with zero attached hydrogens (tertiary/aromatic N) is 2. The average molecular weight is 519 g/mol. The highest BCUT2D eigenvalue weighted by molar-refractivity contribution is 5.98. The van der Waals surface area contributed by atoms with Crippen LogP contribution in [0.1, 0.15) is 73.1 Å². The Morgan fingerprint density at radius 3 is 2.49 bits per heavy atom. The number of carbonyl (C=O) groups excluding carboxylic acids is 3. The van der Waals surface area contributed by atoms with Crippen LogP contribution in [0.2, 0.25) is 0 Å². The van der Waals surface area contributed by atoms with E-state index in [1.807, 2.05) is 34.6 Å². The zero-order valence-corrected chi connectivity index (χ0v) is 23.3. The maximum Gasteiger partial charge on any atom is 0.312 e. The largest absolute Gasteiger partial charge is 0.465 e. The number of esters is 1. The van der Waals surface area contributed by atoms with Crippen LogP contribution in [0, 0.1) is 17.8 Å². The molecule has 2 bridgehead atoms. The van der Waals surface area contributed by atoms with Crippen molar-refractivity contribution in [3.63, 3.8) is 0 Å². The molecule has 8 nitrogen and oxygen atoms in total. The van der Waals surface area contributed by atoms with Crippen LogP contribution in [0.4, 0.5) is 0 Å². The standard InChI is InChI=1S/C29H46N2O6/c1-8-11-12-16-36-27(35)23-22-25(33)31(21(18-32)17-19(4)5)24(26(34)30(15-9-2)20(6)7)29(22)14-13-28(23,10-3)37-29/h8-9,19-24,32H,1-2,10-18H2,3-7H3/t21-,22+,23-,24?,28+,29?/m1/s1. The lowest BCUT2D eigenvalue weighted by Gasteiger charge is -2.41. The van der Waals surface area contributed by atoms with Crippen LogP contribution in [0.5, 0.6) is 0 Å². The van der Waals surface area contributed by atoms with E-state index >= 15 is 0 Å². The maximum atomic E-state index is 14.3. The highest BCUT2D eigenvalue weighted by Crippen LogP contribution is 2.65. The third kappa shape index (κ3) is 4.99. The monoisotopic (exact) mass is 518 g/mol. The molecule has 2 unspecified atom stereocenters. The van der Waals surface area contributed by atoms with Gasteiger partial charge in [-0.05, 0) is 58.3 Å². The lowest BCUT2D eigenvalue weighted by Crippen LogP contribution is -2.60. The predicted molar refractivity (Wildman–Crippen MR) is 141 cm³/mol. The lowest BCUT2D eigenvalue weighted by molar-refractivity contribution is -0.164. The number of unbranched alkanes of at least 4 members (excludes halogenated alkanes) is 1. The Morgan fingerprint density at radius 1 is 1.24 bits per heavy atom.